The Morgan fingerprint density at radius 1 is 0.976 bits per heavy atom. The van der Waals surface area contributed by atoms with Gasteiger partial charge in [0.05, 0.1) is 23.2 Å². The topological polar surface area (TPSA) is 71.5 Å². The van der Waals surface area contributed by atoms with Crippen LogP contribution in [0.4, 0.5) is 26.3 Å². The van der Waals surface area contributed by atoms with Crippen LogP contribution in [0.1, 0.15) is 38.3 Å². The Morgan fingerprint density at radius 2 is 1.56 bits per heavy atom. The van der Waals surface area contributed by atoms with E-state index in [1.807, 2.05) is 0 Å². The average Bonchev–Trinajstić information content (AvgIpc) is 2.82. The molecule has 0 saturated heterocycles. The van der Waals surface area contributed by atoms with Gasteiger partial charge in [-0.2, -0.15) is 26.3 Å². The van der Waals surface area contributed by atoms with E-state index in [0.717, 1.165) is 0 Å². The fourth-order valence-electron chi connectivity index (χ4n) is 4.45. The highest BCUT2D eigenvalue weighted by Gasteiger charge is 2.71. The summed E-state index contributed by atoms with van der Waals surface area (Å²) in [7, 11) is 0. The number of pyridine rings is 1. The Kier molecular flexibility index (Phi) is 8.25. The van der Waals surface area contributed by atoms with Crippen molar-refractivity contribution in [3.63, 3.8) is 0 Å². The summed E-state index contributed by atoms with van der Waals surface area (Å²) >= 11 is 18.6. The van der Waals surface area contributed by atoms with Crippen LogP contribution in [-0.2, 0) is 4.79 Å². The molecule has 41 heavy (non-hydrogen) atoms. The minimum Gasteiger partial charge on any atom is -0.471 e. The monoisotopic (exact) mass is 640 g/mol. The first-order valence-electron chi connectivity index (χ1n) is 11.9. The molecule has 2 heterocycles. The van der Waals surface area contributed by atoms with Crippen molar-refractivity contribution in [1.82, 2.24) is 10.3 Å². The number of carbonyl (C=O) groups excluding carboxylic acids is 1. The van der Waals surface area contributed by atoms with Crippen molar-refractivity contribution in [3.8, 4) is 28.3 Å². The second-order valence-electron chi connectivity index (χ2n) is 10.1. The molecular formula is C27H21Cl3F6N2O3. The van der Waals surface area contributed by atoms with Crippen LogP contribution in [-0.4, -0.2) is 39.6 Å². The minimum atomic E-state index is -6.15. The number of nitrogens with one attached hydrogen (secondary N) is 1. The van der Waals surface area contributed by atoms with Crippen LogP contribution in [0.25, 0.3) is 22.4 Å². The number of ether oxygens (including phenoxy) is 1. The third-order valence-electron chi connectivity index (χ3n) is 6.49. The van der Waals surface area contributed by atoms with Gasteiger partial charge in [-0.25, -0.2) is 4.98 Å². The van der Waals surface area contributed by atoms with E-state index in [-0.39, 0.29) is 22.9 Å². The Balaban J connectivity index is 1.83. The lowest BCUT2D eigenvalue weighted by atomic mass is 9.88. The molecule has 0 bridgehead atoms. The lowest BCUT2D eigenvalue weighted by molar-refractivity contribution is -0.367. The molecule has 0 spiro atoms. The standard InChI is InChI=1S/C27H21Cl3F6N2O3/c1-24(2)11-20(37-21(39)12-25(40,26(31,32)33)27(34,35)36)18-10-17(13-3-5-14(28)6-4-13)22(38-23(18)41-24)16-8-7-15(29)9-19(16)30/h3-10,20,40H,11-12H2,1-2H3,(H,37,39). The van der Waals surface area contributed by atoms with E-state index in [0.29, 0.717) is 32.4 Å². The first kappa shape index (κ1) is 31.2. The number of rotatable bonds is 5. The molecule has 0 aliphatic carbocycles. The molecule has 0 fully saturated rings. The van der Waals surface area contributed by atoms with E-state index in [9.17, 15) is 36.2 Å². The van der Waals surface area contributed by atoms with Crippen LogP contribution in [0, 0.1) is 0 Å². The van der Waals surface area contributed by atoms with E-state index in [1.165, 1.54) is 6.07 Å². The summed E-state index contributed by atoms with van der Waals surface area (Å²) in [5, 5.41) is 12.8. The van der Waals surface area contributed by atoms with Gasteiger partial charge in [0.1, 0.15) is 5.60 Å². The van der Waals surface area contributed by atoms with E-state index in [2.05, 4.69) is 10.3 Å². The first-order chi connectivity index (χ1) is 18.8. The smallest absolute Gasteiger partial charge is 0.426 e. The van der Waals surface area contributed by atoms with Crippen molar-refractivity contribution >= 4 is 40.7 Å². The van der Waals surface area contributed by atoms with E-state index in [1.54, 1.807) is 56.3 Å². The molecule has 1 unspecified atom stereocenters. The second-order valence-corrected chi connectivity index (χ2v) is 11.4. The molecule has 2 N–H and O–H groups in total. The Hall–Kier alpha value is -2.73. The van der Waals surface area contributed by atoms with Crippen LogP contribution in [0.2, 0.25) is 15.1 Å². The van der Waals surface area contributed by atoms with Gasteiger partial charge in [-0.05, 0) is 55.8 Å². The maximum Gasteiger partial charge on any atom is 0.426 e. The molecule has 1 aliphatic heterocycles. The molecule has 3 aromatic rings. The van der Waals surface area contributed by atoms with Crippen molar-refractivity contribution in [2.45, 2.75) is 56.3 Å². The van der Waals surface area contributed by atoms with Crippen molar-refractivity contribution in [3.05, 3.63) is 69.2 Å². The lowest BCUT2D eigenvalue weighted by Crippen LogP contribution is -2.59. The third-order valence-corrected chi connectivity index (χ3v) is 7.29. The highest BCUT2D eigenvalue weighted by atomic mass is 35.5. The van der Waals surface area contributed by atoms with Crippen molar-refractivity contribution < 1.29 is 41.0 Å². The number of fused-ring (bicyclic) bond motifs is 1. The molecule has 2 aromatic carbocycles. The number of carbonyl (C=O) groups is 1. The van der Waals surface area contributed by atoms with Gasteiger partial charge in [0.15, 0.2) is 0 Å². The summed E-state index contributed by atoms with van der Waals surface area (Å²) in [6, 6.07) is 11.7. The molecule has 220 valence electrons. The summed E-state index contributed by atoms with van der Waals surface area (Å²) < 4.78 is 85.4. The number of nitrogens with zero attached hydrogens (tertiary/aromatic N) is 1. The van der Waals surface area contributed by atoms with Gasteiger partial charge >= 0.3 is 12.4 Å². The number of halogens is 9. The molecule has 14 heteroatoms. The van der Waals surface area contributed by atoms with E-state index >= 15 is 0 Å². The van der Waals surface area contributed by atoms with Gasteiger partial charge in [0, 0.05) is 33.2 Å². The van der Waals surface area contributed by atoms with Crippen LogP contribution < -0.4 is 10.1 Å². The summed E-state index contributed by atoms with van der Waals surface area (Å²) in [6.07, 6.45) is -14.6. The fraction of sp³-hybridized carbons (Fsp3) is 0.333. The summed E-state index contributed by atoms with van der Waals surface area (Å²) in [5.74, 6) is -1.69. The molecule has 5 nitrogen and oxygen atoms in total. The van der Waals surface area contributed by atoms with E-state index < -0.39 is 41.9 Å². The molecule has 1 aromatic heterocycles. The van der Waals surface area contributed by atoms with Gasteiger partial charge < -0.3 is 15.2 Å². The van der Waals surface area contributed by atoms with Gasteiger partial charge in [0.25, 0.3) is 5.60 Å². The SMILES string of the molecule is CC1(C)CC(NC(=O)CC(O)(C(F)(F)F)C(F)(F)F)c2cc(-c3ccc(Cl)cc3)c(-c3ccc(Cl)cc3Cl)nc2O1. The Bertz CT molecular complexity index is 1460. The van der Waals surface area contributed by atoms with Gasteiger partial charge in [0.2, 0.25) is 11.8 Å². The predicted octanol–water partition coefficient (Wildman–Crippen LogP) is 8.34. The highest BCUT2D eigenvalue weighted by Crippen LogP contribution is 2.47. The number of amides is 1. The summed E-state index contributed by atoms with van der Waals surface area (Å²) in [5.41, 5.74) is -4.27. The molecule has 1 amide bonds. The summed E-state index contributed by atoms with van der Waals surface area (Å²) in [4.78, 5) is 17.3. The molecule has 1 aliphatic rings. The van der Waals surface area contributed by atoms with Gasteiger partial charge in [-0.1, -0.05) is 46.9 Å². The van der Waals surface area contributed by atoms with Gasteiger partial charge in [-0.15, -0.1) is 0 Å². The molecule has 1 atom stereocenters. The zero-order chi connectivity index (χ0) is 30.5. The van der Waals surface area contributed by atoms with E-state index in [4.69, 9.17) is 39.5 Å². The van der Waals surface area contributed by atoms with Gasteiger partial charge in [-0.3, -0.25) is 4.79 Å². The fourth-order valence-corrected chi connectivity index (χ4v) is 5.08. The maximum absolute atomic E-state index is 13.2. The normalized spacial score (nSPS) is 17.0. The second kappa shape index (κ2) is 10.8. The average molecular weight is 642 g/mol. The molecular weight excluding hydrogens is 621 g/mol. The largest absolute Gasteiger partial charge is 0.471 e. The predicted molar refractivity (Wildman–Crippen MR) is 142 cm³/mol. The van der Waals surface area contributed by atoms with Crippen molar-refractivity contribution in [1.29, 1.82) is 0 Å². The summed E-state index contributed by atoms with van der Waals surface area (Å²) in [6.45, 7) is 3.22. The number of aromatic nitrogens is 1. The number of alkyl halides is 6. The first-order valence-corrected chi connectivity index (χ1v) is 13.1. The lowest BCUT2D eigenvalue weighted by Gasteiger charge is -2.38. The quantitative estimate of drug-likeness (QED) is 0.275. The zero-order valence-electron chi connectivity index (χ0n) is 21.2. The number of aliphatic hydroxyl groups is 1. The third kappa shape index (κ3) is 6.38. The molecule has 0 saturated carbocycles. The van der Waals surface area contributed by atoms with Crippen LogP contribution in [0.3, 0.4) is 0 Å². The van der Waals surface area contributed by atoms with Crippen LogP contribution in [0.15, 0.2) is 48.5 Å². The van der Waals surface area contributed by atoms with Crippen LogP contribution in [0.5, 0.6) is 5.88 Å². The molecule has 0 radical (unpaired) electrons. The van der Waals surface area contributed by atoms with Crippen molar-refractivity contribution in [2.24, 2.45) is 0 Å². The Labute approximate surface area is 245 Å². The van der Waals surface area contributed by atoms with Crippen molar-refractivity contribution in [2.75, 3.05) is 0 Å². The highest BCUT2D eigenvalue weighted by molar-refractivity contribution is 6.36. The number of hydrogen-bond acceptors (Lipinski definition) is 4. The number of benzene rings is 2. The Morgan fingerprint density at radius 3 is 2.12 bits per heavy atom. The maximum atomic E-state index is 13.2. The minimum absolute atomic E-state index is 0.0211. The molecule has 4 rings (SSSR count). The zero-order valence-corrected chi connectivity index (χ0v) is 23.5. The van der Waals surface area contributed by atoms with Crippen LogP contribution >= 0.6 is 34.8 Å². The number of hydrogen-bond donors (Lipinski definition) is 2.